The van der Waals surface area contributed by atoms with Gasteiger partial charge in [-0.1, -0.05) is 52.0 Å². The van der Waals surface area contributed by atoms with Crippen molar-refractivity contribution in [1.29, 1.82) is 0 Å². The van der Waals surface area contributed by atoms with Crippen LogP contribution in [0.3, 0.4) is 0 Å². The lowest BCUT2D eigenvalue weighted by Gasteiger charge is -2.28. The fraction of sp³-hybridized carbons (Fsp3) is 0.600. The van der Waals surface area contributed by atoms with Crippen LogP contribution in [-0.4, -0.2) is 5.11 Å². The average Bonchev–Trinajstić information content (AvgIpc) is 2.17. The minimum Gasteiger partial charge on any atom is -0.385 e. The standard InChI is InChI=1S/C15H24O/c1-11(2)10-13-6-8-14(9-7-13)15(5,16)12(3)4/h6-9,11-12,16H,10H2,1-5H3/t15-/m1/s1. The molecule has 0 bridgehead atoms. The molecule has 16 heavy (non-hydrogen) atoms. The second kappa shape index (κ2) is 5.01. The van der Waals surface area contributed by atoms with Crippen LogP contribution >= 0.6 is 0 Å². The van der Waals surface area contributed by atoms with Gasteiger partial charge >= 0.3 is 0 Å². The zero-order valence-corrected chi connectivity index (χ0v) is 11.1. The van der Waals surface area contributed by atoms with E-state index in [4.69, 9.17) is 0 Å². The van der Waals surface area contributed by atoms with Crippen molar-refractivity contribution in [1.82, 2.24) is 0 Å². The predicted molar refractivity (Wildman–Crippen MR) is 69.4 cm³/mol. The largest absolute Gasteiger partial charge is 0.385 e. The van der Waals surface area contributed by atoms with Crippen LogP contribution in [0.25, 0.3) is 0 Å². The first-order valence-electron chi connectivity index (χ1n) is 6.15. The predicted octanol–water partition coefficient (Wildman–Crippen LogP) is 3.75. The maximum atomic E-state index is 10.3. The Labute approximate surface area is 99.5 Å². The van der Waals surface area contributed by atoms with Crippen LogP contribution in [0.5, 0.6) is 0 Å². The normalized spacial score (nSPS) is 15.5. The van der Waals surface area contributed by atoms with Crippen LogP contribution in [0.4, 0.5) is 0 Å². The quantitative estimate of drug-likeness (QED) is 0.819. The number of aliphatic hydroxyl groups is 1. The molecule has 1 N–H and O–H groups in total. The molecule has 0 spiro atoms. The van der Waals surface area contributed by atoms with Crippen LogP contribution in [0.1, 0.15) is 45.7 Å². The molecule has 1 atom stereocenters. The second-order valence-electron chi connectivity index (χ2n) is 5.60. The van der Waals surface area contributed by atoms with Gasteiger partial charge in [-0.2, -0.15) is 0 Å². The topological polar surface area (TPSA) is 20.2 Å². The highest BCUT2D eigenvalue weighted by Crippen LogP contribution is 2.29. The van der Waals surface area contributed by atoms with Crippen LogP contribution in [0, 0.1) is 11.8 Å². The summed E-state index contributed by atoms with van der Waals surface area (Å²) in [5.74, 6) is 0.903. The van der Waals surface area contributed by atoms with Gasteiger partial charge in [-0.15, -0.1) is 0 Å². The van der Waals surface area contributed by atoms with Crippen molar-refractivity contribution in [2.45, 2.75) is 46.6 Å². The van der Waals surface area contributed by atoms with Gasteiger partial charge < -0.3 is 5.11 Å². The molecule has 0 aliphatic heterocycles. The highest BCUT2D eigenvalue weighted by atomic mass is 16.3. The molecular formula is C15H24O. The molecule has 1 heteroatoms. The van der Waals surface area contributed by atoms with Crippen LogP contribution in [0.2, 0.25) is 0 Å². The smallest absolute Gasteiger partial charge is 0.0891 e. The Morgan fingerprint density at radius 2 is 1.56 bits per heavy atom. The maximum Gasteiger partial charge on any atom is 0.0891 e. The molecule has 0 radical (unpaired) electrons. The van der Waals surface area contributed by atoms with Crippen molar-refractivity contribution in [2.24, 2.45) is 11.8 Å². The Hall–Kier alpha value is -0.820. The van der Waals surface area contributed by atoms with E-state index in [0.29, 0.717) is 5.92 Å². The van der Waals surface area contributed by atoms with E-state index in [9.17, 15) is 5.11 Å². The SMILES string of the molecule is CC(C)Cc1ccc([C@](C)(O)C(C)C)cc1. The van der Waals surface area contributed by atoms with E-state index in [-0.39, 0.29) is 5.92 Å². The van der Waals surface area contributed by atoms with Crippen molar-refractivity contribution < 1.29 is 5.11 Å². The Morgan fingerprint density at radius 3 is 1.94 bits per heavy atom. The summed E-state index contributed by atoms with van der Waals surface area (Å²) in [6.07, 6.45) is 1.10. The molecule has 0 fully saturated rings. The van der Waals surface area contributed by atoms with Crippen molar-refractivity contribution in [3.8, 4) is 0 Å². The van der Waals surface area contributed by atoms with E-state index in [1.54, 1.807) is 0 Å². The molecule has 0 aromatic heterocycles. The van der Waals surface area contributed by atoms with E-state index >= 15 is 0 Å². The van der Waals surface area contributed by atoms with Gasteiger partial charge in [0.05, 0.1) is 5.60 Å². The monoisotopic (exact) mass is 220 g/mol. The van der Waals surface area contributed by atoms with Gasteiger partial charge in [0.25, 0.3) is 0 Å². The van der Waals surface area contributed by atoms with Crippen LogP contribution < -0.4 is 0 Å². The number of hydrogen-bond acceptors (Lipinski definition) is 1. The van der Waals surface area contributed by atoms with Gasteiger partial charge in [-0.05, 0) is 36.3 Å². The van der Waals surface area contributed by atoms with Gasteiger partial charge in [0.1, 0.15) is 0 Å². The Balaban J connectivity index is 2.86. The van der Waals surface area contributed by atoms with Crippen molar-refractivity contribution in [2.75, 3.05) is 0 Å². The lowest BCUT2D eigenvalue weighted by atomic mass is 9.84. The second-order valence-corrected chi connectivity index (χ2v) is 5.60. The Kier molecular flexibility index (Phi) is 4.15. The van der Waals surface area contributed by atoms with Gasteiger partial charge in [-0.3, -0.25) is 0 Å². The molecule has 0 aliphatic carbocycles. The molecule has 1 rings (SSSR count). The summed E-state index contributed by atoms with van der Waals surface area (Å²) < 4.78 is 0. The molecule has 0 amide bonds. The molecular weight excluding hydrogens is 196 g/mol. The third-order valence-corrected chi connectivity index (χ3v) is 3.31. The number of rotatable bonds is 4. The molecule has 0 heterocycles. The van der Waals surface area contributed by atoms with E-state index in [0.717, 1.165) is 12.0 Å². The van der Waals surface area contributed by atoms with E-state index < -0.39 is 5.60 Å². The Bertz CT molecular complexity index is 320. The first-order chi connectivity index (χ1) is 7.34. The highest BCUT2D eigenvalue weighted by Gasteiger charge is 2.26. The molecule has 0 saturated carbocycles. The molecule has 1 nitrogen and oxygen atoms in total. The summed E-state index contributed by atoms with van der Waals surface area (Å²) in [4.78, 5) is 0. The van der Waals surface area contributed by atoms with Gasteiger partial charge in [0.15, 0.2) is 0 Å². The van der Waals surface area contributed by atoms with Gasteiger partial charge in [0, 0.05) is 0 Å². The third kappa shape index (κ3) is 3.08. The third-order valence-electron chi connectivity index (χ3n) is 3.31. The van der Waals surface area contributed by atoms with E-state index in [2.05, 4.69) is 38.1 Å². The summed E-state index contributed by atoms with van der Waals surface area (Å²) >= 11 is 0. The summed E-state index contributed by atoms with van der Waals surface area (Å²) in [5, 5.41) is 10.3. The fourth-order valence-corrected chi connectivity index (χ4v) is 1.78. The molecule has 1 aromatic carbocycles. The minimum absolute atomic E-state index is 0.225. The molecule has 0 aliphatic rings. The maximum absolute atomic E-state index is 10.3. The van der Waals surface area contributed by atoms with E-state index in [1.165, 1.54) is 5.56 Å². The first kappa shape index (κ1) is 13.2. The lowest BCUT2D eigenvalue weighted by Crippen LogP contribution is -2.27. The van der Waals surface area contributed by atoms with Crippen molar-refractivity contribution in [3.63, 3.8) is 0 Å². The van der Waals surface area contributed by atoms with E-state index in [1.807, 2.05) is 20.8 Å². The molecule has 0 saturated heterocycles. The van der Waals surface area contributed by atoms with Crippen LogP contribution in [-0.2, 0) is 12.0 Å². The summed E-state index contributed by atoms with van der Waals surface area (Å²) in [6, 6.07) is 8.37. The first-order valence-corrected chi connectivity index (χ1v) is 6.15. The molecule has 0 unspecified atom stereocenters. The van der Waals surface area contributed by atoms with Gasteiger partial charge in [0.2, 0.25) is 0 Å². The highest BCUT2D eigenvalue weighted by molar-refractivity contribution is 5.27. The van der Waals surface area contributed by atoms with Crippen molar-refractivity contribution in [3.05, 3.63) is 35.4 Å². The number of hydrogen-bond donors (Lipinski definition) is 1. The van der Waals surface area contributed by atoms with Crippen molar-refractivity contribution >= 4 is 0 Å². The Morgan fingerprint density at radius 1 is 1.06 bits per heavy atom. The fourth-order valence-electron chi connectivity index (χ4n) is 1.78. The minimum atomic E-state index is -0.726. The lowest BCUT2D eigenvalue weighted by molar-refractivity contribution is 0.00904. The van der Waals surface area contributed by atoms with Gasteiger partial charge in [-0.25, -0.2) is 0 Å². The van der Waals surface area contributed by atoms with Crippen LogP contribution in [0.15, 0.2) is 24.3 Å². The molecule has 1 aromatic rings. The zero-order valence-electron chi connectivity index (χ0n) is 11.1. The zero-order chi connectivity index (χ0) is 12.3. The molecule has 90 valence electrons. The summed E-state index contributed by atoms with van der Waals surface area (Å²) in [6.45, 7) is 10.4. The summed E-state index contributed by atoms with van der Waals surface area (Å²) in [7, 11) is 0. The number of benzene rings is 1. The summed E-state index contributed by atoms with van der Waals surface area (Å²) in [5.41, 5.74) is 1.63. The average molecular weight is 220 g/mol.